The molecule has 1 aromatic heterocycles. The van der Waals surface area contributed by atoms with E-state index in [2.05, 4.69) is 10.1 Å². The van der Waals surface area contributed by atoms with E-state index in [9.17, 15) is 4.21 Å². The van der Waals surface area contributed by atoms with Crippen molar-refractivity contribution >= 4 is 10.8 Å². The molecule has 2 aromatic carbocycles. The smallest absolute Gasteiger partial charge is 0.231 e. The van der Waals surface area contributed by atoms with Crippen molar-refractivity contribution < 1.29 is 13.5 Å². The Kier molecular flexibility index (Phi) is 5.51. The summed E-state index contributed by atoms with van der Waals surface area (Å²) in [5.41, 5.74) is 2.14. The van der Waals surface area contributed by atoms with Crippen LogP contribution in [0.4, 0.5) is 0 Å². The second-order valence-corrected chi connectivity index (χ2v) is 6.78. The first-order chi connectivity index (χ1) is 11.7. The van der Waals surface area contributed by atoms with Crippen LogP contribution in [-0.2, 0) is 34.3 Å². The quantitative estimate of drug-likeness (QED) is 0.660. The second kappa shape index (κ2) is 7.99. The minimum atomic E-state index is -1.21. The predicted molar refractivity (Wildman–Crippen MR) is 90.8 cm³/mol. The molecule has 3 aromatic rings. The van der Waals surface area contributed by atoms with Crippen molar-refractivity contribution in [2.24, 2.45) is 0 Å². The molecule has 0 aliphatic rings. The SMILES string of the molecule is COCc1ccc([S@@](=O)Cc2noc(Cc3ccccc3)n2)cc1. The van der Waals surface area contributed by atoms with Crippen LogP contribution in [0.1, 0.15) is 22.8 Å². The lowest BCUT2D eigenvalue weighted by molar-refractivity contribution is 0.185. The van der Waals surface area contributed by atoms with Crippen molar-refractivity contribution in [1.82, 2.24) is 10.1 Å². The maximum Gasteiger partial charge on any atom is 0.231 e. The van der Waals surface area contributed by atoms with Gasteiger partial charge in [-0.1, -0.05) is 47.6 Å². The molecule has 0 radical (unpaired) electrons. The zero-order chi connectivity index (χ0) is 16.8. The number of nitrogens with zero attached hydrogens (tertiary/aromatic N) is 2. The highest BCUT2D eigenvalue weighted by Crippen LogP contribution is 2.14. The Morgan fingerprint density at radius 2 is 1.79 bits per heavy atom. The van der Waals surface area contributed by atoms with Gasteiger partial charge in [-0.15, -0.1) is 0 Å². The van der Waals surface area contributed by atoms with Crippen LogP contribution in [0.5, 0.6) is 0 Å². The molecule has 0 aliphatic carbocycles. The largest absolute Gasteiger partial charge is 0.380 e. The highest BCUT2D eigenvalue weighted by molar-refractivity contribution is 7.84. The molecule has 6 heteroatoms. The first-order valence-corrected chi connectivity index (χ1v) is 8.88. The fourth-order valence-electron chi connectivity index (χ4n) is 2.30. The van der Waals surface area contributed by atoms with E-state index in [0.717, 1.165) is 16.0 Å². The summed E-state index contributed by atoms with van der Waals surface area (Å²) in [6.45, 7) is 0.542. The average Bonchev–Trinajstić information content (AvgIpc) is 3.03. The Morgan fingerprint density at radius 3 is 2.50 bits per heavy atom. The zero-order valence-corrected chi connectivity index (χ0v) is 14.2. The Morgan fingerprint density at radius 1 is 1.04 bits per heavy atom. The molecule has 3 rings (SSSR count). The standard InChI is InChI=1S/C18H18N2O3S/c1-22-12-15-7-9-16(10-8-15)24(21)13-17-19-18(23-20-17)11-14-5-3-2-4-6-14/h2-10H,11-13H2,1H3/t24-/m0/s1. The van der Waals surface area contributed by atoms with Crippen molar-refractivity contribution in [2.75, 3.05) is 7.11 Å². The summed E-state index contributed by atoms with van der Waals surface area (Å²) < 4.78 is 22.7. The number of rotatable bonds is 7. The number of aromatic nitrogens is 2. The summed E-state index contributed by atoms with van der Waals surface area (Å²) in [6, 6.07) is 17.4. The summed E-state index contributed by atoms with van der Waals surface area (Å²) in [4.78, 5) is 5.07. The number of hydrogen-bond donors (Lipinski definition) is 0. The molecule has 0 N–H and O–H groups in total. The molecule has 0 saturated heterocycles. The highest BCUT2D eigenvalue weighted by Gasteiger charge is 2.12. The summed E-state index contributed by atoms with van der Waals surface area (Å²) in [7, 11) is 0.443. The third kappa shape index (κ3) is 4.37. The molecule has 1 atom stereocenters. The number of hydrogen-bond acceptors (Lipinski definition) is 5. The molecule has 5 nitrogen and oxygen atoms in total. The van der Waals surface area contributed by atoms with Crippen molar-refractivity contribution in [3.8, 4) is 0 Å². The van der Waals surface area contributed by atoms with Gasteiger partial charge in [-0.05, 0) is 23.3 Å². The molecule has 1 heterocycles. The first-order valence-electron chi connectivity index (χ1n) is 7.56. The molecular formula is C18H18N2O3S. The first kappa shape index (κ1) is 16.5. The van der Waals surface area contributed by atoms with Gasteiger partial charge in [-0.2, -0.15) is 4.98 Å². The maximum absolute atomic E-state index is 12.4. The van der Waals surface area contributed by atoms with E-state index in [1.54, 1.807) is 7.11 Å². The average molecular weight is 342 g/mol. The van der Waals surface area contributed by atoms with Crippen LogP contribution in [0.2, 0.25) is 0 Å². The molecule has 0 bridgehead atoms. The predicted octanol–water partition coefficient (Wildman–Crippen LogP) is 3.11. The van der Waals surface area contributed by atoms with Crippen LogP contribution in [0.15, 0.2) is 64.0 Å². The van der Waals surface area contributed by atoms with Crippen LogP contribution in [0, 0.1) is 0 Å². The fourth-order valence-corrected chi connectivity index (χ4v) is 3.25. The van der Waals surface area contributed by atoms with Gasteiger partial charge in [0.15, 0.2) is 5.82 Å². The molecule has 124 valence electrons. The third-order valence-electron chi connectivity index (χ3n) is 3.47. The molecule has 0 aliphatic heterocycles. The Labute approximate surface area is 143 Å². The summed E-state index contributed by atoms with van der Waals surface area (Å²) in [5.74, 6) is 1.23. The summed E-state index contributed by atoms with van der Waals surface area (Å²) in [6.07, 6.45) is 0.576. The van der Waals surface area contributed by atoms with Gasteiger partial charge in [0.1, 0.15) is 0 Å². The summed E-state index contributed by atoms with van der Waals surface area (Å²) in [5, 5.41) is 3.93. The van der Waals surface area contributed by atoms with Gasteiger partial charge in [0.25, 0.3) is 0 Å². The van der Waals surface area contributed by atoms with Gasteiger partial charge in [0.05, 0.1) is 29.6 Å². The minimum Gasteiger partial charge on any atom is -0.380 e. The van der Waals surface area contributed by atoms with Crippen molar-refractivity contribution in [2.45, 2.75) is 23.7 Å². The van der Waals surface area contributed by atoms with Gasteiger partial charge in [0, 0.05) is 12.0 Å². The molecule has 24 heavy (non-hydrogen) atoms. The van der Waals surface area contributed by atoms with E-state index in [1.807, 2.05) is 54.6 Å². The highest BCUT2D eigenvalue weighted by atomic mass is 32.2. The van der Waals surface area contributed by atoms with Crippen LogP contribution >= 0.6 is 0 Å². The van der Waals surface area contributed by atoms with E-state index in [1.165, 1.54) is 0 Å². The van der Waals surface area contributed by atoms with E-state index in [-0.39, 0.29) is 5.75 Å². The molecule has 0 saturated carbocycles. The van der Waals surface area contributed by atoms with E-state index in [0.29, 0.717) is 24.7 Å². The lowest BCUT2D eigenvalue weighted by Gasteiger charge is -2.02. The topological polar surface area (TPSA) is 65.2 Å². The molecule has 0 fully saturated rings. The number of benzene rings is 2. The van der Waals surface area contributed by atoms with Crippen LogP contribution in [-0.4, -0.2) is 21.5 Å². The van der Waals surface area contributed by atoms with Crippen LogP contribution < -0.4 is 0 Å². The van der Waals surface area contributed by atoms with E-state index < -0.39 is 10.8 Å². The van der Waals surface area contributed by atoms with Crippen molar-refractivity contribution in [1.29, 1.82) is 0 Å². The van der Waals surface area contributed by atoms with Crippen LogP contribution in [0.25, 0.3) is 0 Å². The fraction of sp³-hybridized carbons (Fsp3) is 0.222. The Bertz CT molecular complexity index is 801. The van der Waals surface area contributed by atoms with Gasteiger partial charge in [0.2, 0.25) is 5.89 Å². The van der Waals surface area contributed by atoms with Gasteiger partial charge in [-0.25, -0.2) is 0 Å². The lowest BCUT2D eigenvalue weighted by atomic mass is 10.1. The Balaban J connectivity index is 1.62. The number of ether oxygens (including phenoxy) is 1. The summed E-state index contributed by atoms with van der Waals surface area (Å²) >= 11 is 0. The molecule has 0 spiro atoms. The Hall–Kier alpha value is -2.31. The van der Waals surface area contributed by atoms with Gasteiger partial charge < -0.3 is 9.26 Å². The van der Waals surface area contributed by atoms with Gasteiger partial charge >= 0.3 is 0 Å². The monoisotopic (exact) mass is 342 g/mol. The zero-order valence-electron chi connectivity index (χ0n) is 13.3. The third-order valence-corrected chi connectivity index (χ3v) is 4.78. The van der Waals surface area contributed by atoms with Gasteiger partial charge in [-0.3, -0.25) is 4.21 Å². The van der Waals surface area contributed by atoms with Crippen molar-refractivity contribution in [3.63, 3.8) is 0 Å². The maximum atomic E-state index is 12.4. The van der Waals surface area contributed by atoms with Crippen LogP contribution in [0.3, 0.4) is 0 Å². The van der Waals surface area contributed by atoms with Crippen molar-refractivity contribution in [3.05, 3.63) is 77.4 Å². The normalized spacial score (nSPS) is 12.2. The van der Waals surface area contributed by atoms with E-state index in [4.69, 9.17) is 9.26 Å². The number of methoxy groups -OCH3 is 1. The molecule has 0 amide bonds. The van der Waals surface area contributed by atoms with E-state index >= 15 is 0 Å². The molecular weight excluding hydrogens is 324 g/mol. The minimum absolute atomic E-state index is 0.238. The second-order valence-electron chi connectivity index (χ2n) is 5.33. The molecule has 0 unspecified atom stereocenters. The lowest BCUT2D eigenvalue weighted by Crippen LogP contribution is -1.99.